The highest BCUT2D eigenvalue weighted by Gasteiger charge is 2.30. The Bertz CT molecular complexity index is 740. The van der Waals surface area contributed by atoms with E-state index < -0.39 is 0 Å². The molecule has 29 heavy (non-hydrogen) atoms. The number of allylic oxidation sites excluding steroid dienone is 7. The molecular weight excluding hydrogens is 352 g/mol. The van der Waals surface area contributed by atoms with Crippen LogP contribution in [0, 0.1) is 29.1 Å². The van der Waals surface area contributed by atoms with Crippen molar-refractivity contribution in [2.45, 2.75) is 60.3 Å². The minimum atomic E-state index is 0.107. The lowest BCUT2D eigenvalue weighted by Gasteiger charge is -2.35. The van der Waals surface area contributed by atoms with Gasteiger partial charge in [-0.05, 0) is 62.9 Å². The largest absolute Gasteiger partial charge is 0.382 e. The van der Waals surface area contributed by atoms with Crippen LogP contribution in [0.2, 0.25) is 0 Å². The van der Waals surface area contributed by atoms with Crippen LogP contribution in [0.3, 0.4) is 0 Å². The number of hydrogen-bond donors (Lipinski definition) is 1. The molecule has 0 amide bonds. The first-order valence-corrected chi connectivity index (χ1v) is 11.1. The Morgan fingerprint density at radius 2 is 2.07 bits per heavy atom. The summed E-state index contributed by atoms with van der Waals surface area (Å²) in [5, 5.41) is 3.57. The van der Waals surface area contributed by atoms with Crippen LogP contribution < -0.4 is 5.32 Å². The molecular formula is C27H40N2. The molecule has 2 aliphatic rings. The Balaban J connectivity index is 2.04. The van der Waals surface area contributed by atoms with Crippen LogP contribution in [-0.4, -0.2) is 12.8 Å². The second kappa shape index (κ2) is 10.6. The van der Waals surface area contributed by atoms with Gasteiger partial charge in [-0.15, -0.1) is 5.73 Å². The number of nitrogens with one attached hydrogen (secondary N) is 1. The fourth-order valence-corrected chi connectivity index (χ4v) is 4.74. The molecule has 1 saturated heterocycles. The van der Waals surface area contributed by atoms with Gasteiger partial charge in [-0.25, -0.2) is 0 Å². The van der Waals surface area contributed by atoms with Gasteiger partial charge < -0.3 is 5.32 Å². The number of rotatable bonds is 6. The number of nitrogens with zero attached hydrogens (tertiary/aromatic N) is 1. The standard InChI is InChI=1S/C27H40N2/c1-8-26-27(6,7)16-14-23(15-17-29-26)20(3)18-21(4)24-12-10-11-13-25(24)22(5)19-28-9-2/h9-13,19,21,23-25,29H,1,3,14-18H2,2,4-7H3/b22-19+,28-9?. The third kappa shape index (κ3) is 6.21. The van der Waals surface area contributed by atoms with E-state index in [2.05, 4.69) is 81.2 Å². The van der Waals surface area contributed by atoms with E-state index in [1.165, 1.54) is 17.6 Å². The van der Waals surface area contributed by atoms with Gasteiger partial charge in [-0.2, -0.15) is 0 Å². The first-order chi connectivity index (χ1) is 13.8. The van der Waals surface area contributed by atoms with Gasteiger partial charge in [-0.3, -0.25) is 4.99 Å². The van der Waals surface area contributed by atoms with E-state index in [0.717, 1.165) is 31.5 Å². The molecule has 1 heterocycles. The Labute approximate surface area is 179 Å². The summed E-state index contributed by atoms with van der Waals surface area (Å²) >= 11 is 0. The quantitative estimate of drug-likeness (QED) is 0.293. The van der Waals surface area contributed by atoms with E-state index in [9.17, 15) is 0 Å². The van der Waals surface area contributed by atoms with E-state index in [1.807, 2.05) is 19.3 Å². The molecule has 1 aliphatic carbocycles. The average Bonchev–Trinajstić information content (AvgIpc) is 2.69. The molecule has 1 aliphatic heterocycles. The molecule has 1 fully saturated rings. The first kappa shape index (κ1) is 23.2. The van der Waals surface area contributed by atoms with Crippen LogP contribution >= 0.6 is 0 Å². The van der Waals surface area contributed by atoms with Gasteiger partial charge in [-0.1, -0.05) is 63.8 Å². The zero-order valence-electron chi connectivity index (χ0n) is 19.2. The maximum Gasteiger partial charge on any atom is 0.0589 e. The highest BCUT2D eigenvalue weighted by Crippen LogP contribution is 2.39. The maximum atomic E-state index is 4.55. The Morgan fingerprint density at radius 1 is 1.34 bits per heavy atom. The van der Waals surface area contributed by atoms with Crippen molar-refractivity contribution < 1.29 is 0 Å². The molecule has 4 atom stereocenters. The highest BCUT2D eigenvalue weighted by atomic mass is 14.9. The molecule has 2 rings (SSSR count). The highest BCUT2D eigenvalue weighted by molar-refractivity contribution is 5.54. The lowest BCUT2D eigenvalue weighted by atomic mass is 9.72. The molecule has 2 heteroatoms. The third-order valence-corrected chi connectivity index (χ3v) is 6.72. The third-order valence-electron chi connectivity index (χ3n) is 6.72. The van der Waals surface area contributed by atoms with E-state index in [-0.39, 0.29) is 5.41 Å². The lowest BCUT2D eigenvalue weighted by Crippen LogP contribution is -2.32. The summed E-state index contributed by atoms with van der Waals surface area (Å²) < 4.78 is 0. The summed E-state index contributed by atoms with van der Waals surface area (Å²) in [5.41, 5.74) is 7.12. The predicted molar refractivity (Wildman–Crippen MR) is 128 cm³/mol. The van der Waals surface area contributed by atoms with Gasteiger partial charge in [0.1, 0.15) is 0 Å². The molecule has 0 aromatic rings. The summed E-state index contributed by atoms with van der Waals surface area (Å²) in [6, 6.07) is 0. The van der Waals surface area contributed by atoms with Gasteiger partial charge in [0.25, 0.3) is 0 Å². The normalized spacial score (nSPS) is 28.4. The minimum Gasteiger partial charge on any atom is -0.382 e. The van der Waals surface area contributed by atoms with Gasteiger partial charge in [0.2, 0.25) is 0 Å². The smallest absolute Gasteiger partial charge is 0.0589 e. The summed E-state index contributed by atoms with van der Waals surface area (Å²) in [7, 11) is 0. The monoisotopic (exact) mass is 392 g/mol. The average molecular weight is 393 g/mol. The molecule has 4 unspecified atom stereocenters. The van der Waals surface area contributed by atoms with Gasteiger partial charge in [0.15, 0.2) is 0 Å². The van der Waals surface area contributed by atoms with Crippen LogP contribution in [-0.2, 0) is 0 Å². The topological polar surface area (TPSA) is 24.4 Å². The molecule has 0 saturated carbocycles. The van der Waals surface area contributed by atoms with Crippen LogP contribution in [0.5, 0.6) is 0 Å². The lowest BCUT2D eigenvalue weighted by molar-refractivity contribution is 0.296. The molecule has 158 valence electrons. The number of hydrogen-bond acceptors (Lipinski definition) is 2. The fraction of sp³-hybridized carbons (Fsp3) is 0.556. The minimum absolute atomic E-state index is 0.107. The van der Waals surface area contributed by atoms with Gasteiger partial charge in [0, 0.05) is 30.3 Å². The Hall–Kier alpha value is -2.05. The Morgan fingerprint density at radius 3 is 2.76 bits per heavy atom. The summed E-state index contributed by atoms with van der Waals surface area (Å²) in [5.74, 6) is 2.05. The van der Waals surface area contributed by atoms with Crippen molar-refractivity contribution in [3.63, 3.8) is 0 Å². The zero-order valence-corrected chi connectivity index (χ0v) is 19.2. The molecule has 0 aromatic heterocycles. The zero-order chi connectivity index (χ0) is 21.4. The van der Waals surface area contributed by atoms with Crippen LogP contribution in [0.1, 0.15) is 60.3 Å². The molecule has 1 N–H and O–H groups in total. The van der Waals surface area contributed by atoms with Crippen molar-refractivity contribution in [3.8, 4) is 0 Å². The van der Waals surface area contributed by atoms with E-state index in [1.54, 1.807) is 0 Å². The van der Waals surface area contributed by atoms with Crippen LogP contribution in [0.25, 0.3) is 0 Å². The molecule has 2 nitrogen and oxygen atoms in total. The molecule has 0 bridgehead atoms. The SMILES string of the molecule is C=C=C1NCCC(C(=C)CC(C)C2C=CC=CC2/C(C)=C/N=CC)CCC1(C)C. The van der Waals surface area contributed by atoms with Gasteiger partial charge >= 0.3 is 0 Å². The van der Waals surface area contributed by atoms with Crippen molar-refractivity contribution in [2.24, 2.45) is 34.1 Å². The second-order valence-electron chi connectivity index (χ2n) is 9.38. The van der Waals surface area contributed by atoms with Crippen LogP contribution in [0.15, 0.2) is 71.2 Å². The van der Waals surface area contributed by atoms with Crippen molar-refractivity contribution in [2.75, 3.05) is 6.54 Å². The van der Waals surface area contributed by atoms with E-state index in [4.69, 9.17) is 0 Å². The van der Waals surface area contributed by atoms with Crippen LogP contribution in [0.4, 0.5) is 0 Å². The van der Waals surface area contributed by atoms with Crippen molar-refractivity contribution in [3.05, 3.63) is 66.2 Å². The summed E-state index contributed by atoms with van der Waals surface area (Å²) in [6.45, 7) is 20.5. The van der Waals surface area contributed by atoms with Crippen molar-refractivity contribution >= 4 is 6.21 Å². The molecule has 0 spiro atoms. The predicted octanol–water partition coefficient (Wildman–Crippen LogP) is 7.01. The van der Waals surface area contributed by atoms with Crippen molar-refractivity contribution in [1.82, 2.24) is 5.32 Å². The molecule has 0 aromatic carbocycles. The van der Waals surface area contributed by atoms with Crippen molar-refractivity contribution in [1.29, 1.82) is 0 Å². The second-order valence-corrected chi connectivity index (χ2v) is 9.38. The summed E-state index contributed by atoms with van der Waals surface area (Å²) in [4.78, 5) is 4.34. The molecule has 0 radical (unpaired) electrons. The Kier molecular flexibility index (Phi) is 8.53. The van der Waals surface area contributed by atoms with E-state index >= 15 is 0 Å². The maximum absolute atomic E-state index is 4.55. The first-order valence-electron chi connectivity index (χ1n) is 11.1. The van der Waals surface area contributed by atoms with Gasteiger partial charge in [0.05, 0.1) is 5.70 Å². The fourth-order valence-electron chi connectivity index (χ4n) is 4.74. The van der Waals surface area contributed by atoms with E-state index in [0.29, 0.717) is 23.7 Å². The summed E-state index contributed by atoms with van der Waals surface area (Å²) in [6.07, 6.45) is 17.5. The number of aliphatic imine (C=N–C) groups is 1.